The van der Waals surface area contributed by atoms with E-state index in [-0.39, 0.29) is 92.3 Å². The monoisotopic (exact) mass is 949 g/mol. The van der Waals surface area contributed by atoms with Gasteiger partial charge in [-0.05, 0) is 76.6 Å². The van der Waals surface area contributed by atoms with E-state index in [2.05, 4.69) is 32.7 Å². The number of carbonyl (C=O) groups excluding carboxylic acids is 3. The maximum Gasteiger partial charge on any atom is 1.00 e. The summed E-state index contributed by atoms with van der Waals surface area (Å²) in [6.45, 7) is 3.97. The van der Waals surface area contributed by atoms with Gasteiger partial charge in [0.1, 0.15) is 17.4 Å². The maximum atomic E-state index is 14.2. The third-order valence-electron chi connectivity index (χ3n) is 14.8. The maximum absolute atomic E-state index is 14.2. The standard InChI is InChI=1S/C27H23FN2O2S.C27H21FN2O2S.B.Na.H/c2*1-27(13-20-15-6-2-4-8-17(15)21(27)12-24(20)31)25(32)30-26-29-23(14-33-26)19-10-11-22(28)18-9-5-3-7-16(18)19;;;/h2-11,14,20-21,24,31H,12-13H2,1H3,(H,29,30,32);2-11,14,20-21H,12-13H2,1H3,(H,29,30,32);;;/q;;;+1;-1. The molecule has 2 saturated carbocycles. The Morgan fingerprint density at radius 2 is 1.07 bits per heavy atom. The Morgan fingerprint density at radius 1 is 0.632 bits per heavy atom. The van der Waals surface area contributed by atoms with Gasteiger partial charge in [0, 0.05) is 71.2 Å². The number of halogens is 2. The van der Waals surface area contributed by atoms with Crippen molar-refractivity contribution in [1.29, 1.82) is 0 Å². The molecule has 7 atom stereocenters. The number of nitrogens with one attached hydrogen (secondary N) is 2. The number of amides is 2. The van der Waals surface area contributed by atoms with Gasteiger partial charge in [0.15, 0.2) is 10.3 Å². The van der Waals surface area contributed by atoms with Crippen LogP contribution in [0.15, 0.2) is 132 Å². The van der Waals surface area contributed by atoms with E-state index in [1.54, 1.807) is 24.3 Å². The topological polar surface area (TPSA) is 121 Å². The van der Waals surface area contributed by atoms with Gasteiger partial charge in [0.05, 0.1) is 28.3 Å². The molecule has 2 aromatic heterocycles. The largest absolute Gasteiger partial charge is 1.00 e. The normalized spacial score (nSPS) is 23.9. The van der Waals surface area contributed by atoms with Gasteiger partial charge in [0.25, 0.3) is 0 Å². The van der Waals surface area contributed by atoms with Gasteiger partial charge < -0.3 is 17.2 Å². The summed E-state index contributed by atoms with van der Waals surface area (Å²) < 4.78 is 28.4. The number of hydrogen-bond acceptors (Lipinski definition) is 8. The Bertz CT molecular complexity index is 3300. The smallest absolute Gasteiger partial charge is 1.00 e. The number of thiazole rings is 2. The van der Waals surface area contributed by atoms with Crippen molar-refractivity contribution in [3.8, 4) is 22.5 Å². The second-order valence-corrected chi connectivity index (χ2v) is 20.2. The van der Waals surface area contributed by atoms with Crippen molar-refractivity contribution < 1.29 is 59.3 Å². The molecule has 3 N–H and O–H groups in total. The second-order valence-electron chi connectivity index (χ2n) is 18.5. The molecule has 3 radical (unpaired) electrons. The predicted octanol–water partition coefficient (Wildman–Crippen LogP) is 9.11. The van der Waals surface area contributed by atoms with Gasteiger partial charge in [-0.3, -0.25) is 14.4 Å². The fourth-order valence-electron chi connectivity index (χ4n) is 11.3. The van der Waals surface area contributed by atoms with Crippen LogP contribution in [0.25, 0.3) is 44.1 Å². The second kappa shape index (κ2) is 18.5. The van der Waals surface area contributed by atoms with Crippen molar-refractivity contribution in [3.63, 3.8) is 0 Å². The summed E-state index contributed by atoms with van der Waals surface area (Å²) in [6, 6.07) is 37.2. The summed E-state index contributed by atoms with van der Waals surface area (Å²) >= 11 is 2.72. The third kappa shape index (κ3) is 7.94. The first-order valence-corrected chi connectivity index (χ1v) is 23.9. The molecule has 335 valence electrons. The molecule has 6 aliphatic carbocycles. The Kier molecular flexibility index (Phi) is 13.0. The zero-order chi connectivity index (χ0) is 45.5. The Hall–Kier alpha value is -5.41. The summed E-state index contributed by atoms with van der Waals surface area (Å²) in [6.07, 6.45) is 1.71. The number of aliphatic hydroxyl groups excluding tert-OH is 1. The van der Waals surface area contributed by atoms with Crippen LogP contribution in [0.5, 0.6) is 0 Å². The van der Waals surface area contributed by atoms with Gasteiger partial charge in [-0.25, -0.2) is 18.7 Å². The molecule has 0 spiro atoms. The van der Waals surface area contributed by atoms with Crippen LogP contribution in [0.4, 0.5) is 19.0 Å². The molecule has 14 heteroatoms. The first kappa shape index (κ1) is 47.7. The minimum atomic E-state index is -0.679. The van der Waals surface area contributed by atoms with Gasteiger partial charge in [-0.1, -0.05) is 111 Å². The van der Waals surface area contributed by atoms with Crippen LogP contribution in [0.2, 0.25) is 0 Å². The molecule has 4 bridgehead atoms. The van der Waals surface area contributed by atoms with E-state index < -0.39 is 16.9 Å². The number of aromatic nitrogens is 2. The van der Waals surface area contributed by atoms with Crippen LogP contribution in [0.3, 0.4) is 0 Å². The molecule has 0 aliphatic heterocycles. The average molecular weight is 950 g/mol. The van der Waals surface area contributed by atoms with E-state index in [1.165, 1.54) is 45.9 Å². The van der Waals surface area contributed by atoms with Crippen LogP contribution in [0, 0.1) is 22.5 Å². The molecular formula is C54H45BF2N4NaO4S2. The van der Waals surface area contributed by atoms with E-state index >= 15 is 0 Å². The predicted molar refractivity (Wildman–Crippen MR) is 264 cm³/mol. The number of aliphatic hydroxyl groups is 1. The van der Waals surface area contributed by atoms with Gasteiger partial charge in [-0.2, -0.15) is 0 Å². The molecule has 2 amide bonds. The van der Waals surface area contributed by atoms with Crippen molar-refractivity contribution in [1.82, 2.24) is 9.97 Å². The summed E-state index contributed by atoms with van der Waals surface area (Å²) in [5.41, 5.74) is 6.31. The molecule has 7 unspecified atom stereocenters. The zero-order valence-electron chi connectivity index (χ0n) is 38.6. The van der Waals surface area contributed by atoms with Gasteiger partial charge in [0.2, 0.25) is 11.8 Å². The molecular weight excluding hydrogens is 905 g/mol. The number of carbonyl (C=O) groups is 3. The van der Waals surface area contributed by atoms with Crippen molar-refractivity contribution >= 4 is 80.5 Å². The SMILES string of the molecule is CC1(C(=O)Nc2nc(-c3ccc(F)c4ccccc34)cs2)CC2C(=O)CC1c1ccccc12.CC1(C(=O)Nc2nc(-c3ccc(F)c4ccccc34)cs2)CC2c3ccccc3C1CC2O.[B].[H-].[Na+]. The molecule has 14 rings (SSSR count). The number of fused-ring (bicyclic) bond motifs is 6. The van der Waals surface area contributed by atoms with Gasteiger partial charge in [-0.15, -0.1) is 22.7 Å². The van der Waals surface area contributed by atoms with E-state index in [0.29, 0.717) is 58.1 Å². The van der Waals surface area contributed by atoms with E-state index in [4.69, 9.17) is 0 Å². The number of nitrogens with zero attached hydrogens (tertiary/aromatic N) is 2. The molecule has 2 heterocycles. The van der Waals surface area contributed by atoms with Crippen molar-refractivity contribution in [2.75, 3.05) is 10.6 Å². The first-order chi connectivity index (χ1) is 31.9. The summed E-state index contributed by atoms with van der Waals surface area (Å²) in [4.78, 5) is 48.9. The number of rotatable bonds is 6. The van der Waals surface area contributed by atoms with Crippen LogP contribution in [-0.2, 0) is 14.4 Å². The third-order valence-corrected chi connectivity index (χ3v) is 16.4. The molecule has 68 heavy (non-hydrogen) atoms. The van der Waals surface area contributed by atoms with Crippen molar-refractivity contribution in [2.24, 2.45) is 10.8 Å². The first-order valence-electron chi connectivity index (χ1n) is 22.2. The van der Waals surface area contributed by atoms with E-state index in [9.17, 15) is 28.3 Å². The van der Waals surface area contributed by atoms with Crippen LogP contribution >= 0.6 is 22.7 Å². The van der Waals surface area contributed by atoms with E-state index in [0.717, 1.165) is 33.0 Å². The Balaban J connectivity index is 0.000000178. The minimum absolute atomic E-state index is 0. The minimum Gasteiger partial charge on any atom is -1.00 e. The number of benzene rings is 6. The summed E-state index contributed by atoms with van der Waals surface area (Å²) in [5.74, 6) is -0.898. The summed E-state index contributed by atoms with van der Waals surface area (Å²) in [5, 5.41) is 24.2. The summed E-state index contributed by atoms with van der Waals surface area (Å²) in [7, 11) is 0. The van der Waals surface area contributed by atoms with Crippen molar-refractivity contribution in [3.05, 3.63) is 166 Å². The fourth-order valence-corrected chi connectivity index (χ4v) is 12.8. The van der Waals surface area contributed by atoms with Gasteiger partial charge >= 0.3 is 29.6 Å². The van der Waals surface area contributed by atoms with Crippen LogP contribution in [-0.4, -0.2) is 47.2 Å². The molecule has 0 saturated heterocycles. The molecule has 8 nitrogen and oxygen atoms in total. The number of Topliss-reactive ketones (excluding diaryl/α,β-unsaturated/α-hetero) is 1. The number of anilines is 2. The van der Waals surface area contributed by atoms with Crippen molar-refractivity contribution in [2.45, 2.75) is 69.3 Å². The average Bonchev–Trinajstić information content (AvgIpc) is 4.01. The number of hydrogen-bond donors (Lipinski definition) is 3. The van der Waals surface area contributed by atoms with E-state index in [1.807, 2.05) is 97.4 Å². The van der Waals surface area contributed by atoms with Crippen LogP contribution < -0.4 is 40.2 Å². The van der Waals surface area contributed by atoms with Crippen LogP contribution in [0.1, 0.15) is 86.9 Å². The molecule has 6 aromatic carbocycles. The number of ketones is 1. The fraction of sp³-hybridized carbons (Fsp3) is 0.241. The Morgan fingerprint density at radius 3 is 1.60 bits per heavy atom. The zero-order valence-corrected chi connectivity index (χ0v) is 41.3. The Labute approximate surface area is 426 Å². The molecule has 2 fully saturated rings. The molecule has 6 aliphatic rings. The quantitative estimate of drug-likeness (QED) is 0.143. The molecule has 8 aromatic rings.